The third kappa shape index (κ3) is 2.27. The lowest BCUT2D eigenvalue weighted by Gasteiger charge is -2.06. The standard InChI is InChI=1S/C6H2Cl4O3S/c7-2-1-3(8)6(14(11,12)13)5(10)4(2)9/h1H,(H,11,12,13). The summed E-state index contributed by atoms with van der Waals surface area (Å²) in [6.07, 6.45) is 0. The Labute approximate surface area is 100 Å². The normalized spacial score (nSPS) is 11.8. The summed E-state index contributed by atoms with van der Waals surface area (Å²) in [6, 6.07) is 1.08. The molecule has 1 N–H and O–H groups in total. The Morgan fingerprint density at radius 1 is 1.00 bits per heavy atom. The minimum absolute atomic E-state index is 0.00840. The van der Waals surface area contributed by atoms with Gasteiger partial charge in [0.1, 0.15) is 4.90 Å². The summed E-state index contributed by atoms with van der Waals surface area (Å²) in [5, 5.41) is -0.849. The van der Waals surface area contributed by atoms with E-state index < -0.39 is 20.0 Å². The van der Waals surface area contributed by atoms with Crippen LogP contribution in [0.1, 0.15) is 0 Å². The van der Waals surface area contributed by atoms with Gasteiger partial charge in [-0.05, 0) is 6.07 Å². The Hall–Kier alpha value is 0.290. The van der Waals surface area contributed by atoms with E-state index in [0.717, 1.165) is 6.07 Å². The number of rotatable bonds is 1. The van der Waals surface area contributed by atoms with Crippen molar-refractivity contribution in [1.82, 2.24) is 0 Å². The van der Waals surface area contributed by atoms with Crippen molar-refractivity contribution in [3.63, 3.8) is 0 Å². The van der Waals surface area contributed by atoms with E-state index in [4.69, 9.17) is 51.0 Å². The number of halogens is 4. The third-order valence-electron chi connectivity index (χ3n) is 1.33. The van der Waals surface area contributed by atoms with Crippen molar-refractivity contribution >= 4 is 56.5 Å². The van der Waals surface area contributed by atoms with E-state index in [1.165, 1.54) is 0 Å². The Bertz CT molecular complexity index is 482. The van der Waals surface area contributed by atoms with Gasteiger partial charge in [0.05, 0.1) is 20.1 Å². The molecular weight excluding hydrogens is 294 g/mol. The van der Waals surface area contributed by atoms with Gasteiger partial charge in [0, 0.05) is 0 Å². The molecule has 0 aromatic heterocycles. The van der Waals surface area contributed by atoms with Crippen molar-refractivity contribution < 1.29 is 13.0 Å². The van der Waals surface area contributed by atoms with Crippen LogP contribution in [0.3, 0.4) is 0 Å². The molecule has 0 heterocycles. The van der Waals surface area contributed by atoms with Crippen molar-refractivity contribution in [3.05, 3.63) is 26.2 Å². The molecule has 0 amide bonds. The van der Waals surface area contributed by atoms with E-state index in [-0.39, 0.29) is 15.1 Å². The summed E-state index contributed by atoms with van der Waals surface area (Å²) in [5.74, 6) is 0. The maximum Gasteiger partial charge on any atom is 0.297 e. The van der Waals surface area contributed by atoms with E-state index in [1.807, 2.05) is 0 Å². The molecule has 1 aromatic carbocycles. The van der Waals surface area contributed by atoms with Crippen LogP contribution in [0.4, 0.5) is 0 Å². The molecule has 14 heavy (non-hydrogen) atoms. The van der Waals surface area contributed by atoms with E-state index in [1.54, 1.807) is 0 Å². The minimum Gasteiger partial charge on any atom is -0.282 e. The van der Waals surface area contributed by atoms with Gasteiger partial charge in [0.2, 0.25) is 0 Å². The summed E-state index contributed by atoms with van der Waals surface area (Å²) in [6.45, 7) is 0. The lowest BCUT2D eigenvalue weighted by atomic mass is 10.3. The van der Waals surface area contributed by atoms with Gasteiger partial charge in [-0.2, -0.15) is 8.42 Å². The monoisotopic (exact) mass is 294 g/mol. The predicted octanol–water partition coefficient (Wildman–Crippen LogP) is 3.55. The molecule has 8 heteroatoms. The van der Waals surface area contributed by atoms with Gasteiger partial charge in [-0.3, -0.25) is 4.55 Å². The lowest BCUT2D eigenvalue weighted by molar-refractivity contribution is 0.483. The molecule has 0 fully saturated rings. The molecule has 0 spiro atoms. The highest BCUT2D eigenvalue weighted by atomic mass is 35.5. The lowest BCUT2D eigenvalue weighted by Crippen LogP contribution is -2.00. The van der Waals surface area contributed by atoms with Gasteiger partial charge in [0.15, 0.2) is 0 Å². The molecule has 0 radical (unpaired) electrons. The molecule has 0 saturated heterocycles. The summed E-state index contributed by atoms with van der Waals surface area (Å²) < 4.78 is 30.4. The second kappa shape index (κ2) is 4.04. The smallest absolute Gasteiger partial charge is 0.282 e. The molecule has 0 bridgehead atoms. The Morgan fingerprint density at radius 2 is 1.50 bits per heavy atom. The summed E-state index contributed by atoms with van der Waals surface area (Å²) in [5.41, 5.74) is 0. The first kappa shape index (κ1) is 12.4. The van der Waals surface area contributed by atoms with E-state index in [0.29, 0.717) is 0 Å². The number of benzene rings is 1. The van der Waals surface area contributed by atoms with Crippen molar-refractivity contribution in [2.75, 3.05) is 0 Å². The topological polar surface area (TPSA) is 54.4 Å². The van der Waals surface area contributed by atoms with Crippen LogP contribution >= 0.6 is 46.4 Å². The van der Waals surface area contributed by atoms with Crippen molar-refractivity contribution in [2.45, 2.75) is 4.90 Å². The molecule has 0 aliphatic heterocycles. The molecule has 78 valence electrons. The highest BCUT2D eigenvalue weighted by molar-refractivity contribution is 7.86. The average Bonchev–Trinajstić information content (AvgIpc) is 1.97. The second-order valence-corrected chi connectivity index (χ2v) is 5.20. The van der Waals surface area contributed by atoms with Crippen LogP contribution in [0, 0.1) is 0 Å². The van der Waals surface area contributed by atoms with Crippen LogP contribution in [0.5, 0.6) is 0 Å². The highest BCUT2D eigenvalue weighted by Gasteiger charge is 2.23. The quantitative estimate of drug-likeness (QED) is 0.490. The van der Waals surface area contributed by atoms with Gasteiger partial charge < -0.3 is 0 Å². The fourth-order valence-corrected chi connectivity index (χ4v) is 2.97. The maximum absolute atomic E-state index is 10.8. The van der Waals surface area contributed by atoms with Crippen LogP contribution in [0.2, 0.25) is 20.1 Å². The Morgan fingerprint density at radius 3 is 1.93 bits per heavy atom. The average molecular weight is 296 g/mol. The zero-order valence-electron chi connectivity index (χ0n) is 6.26. The fourth-order valence-electron chi connectivity index (χ4n) is 0.786. The molecule has 1 rings (SSSR count). The second-order valence-electron chi connectivity index (χ2n) is 2.27. The zero-order valence-corrected chi connectivity index (χ0v) is 10.1. The van der Waals surface area contributed by atoms with Crippen LogP contribution in [-0.4, -0.2) is 13.0 Å². The minimum atomic E-state index is -4.51. The third-order valence-corrected chi connectivity index (χ3v) is 4.05. The first-order valence-electron chi connectivity index (χ1n) is 3.05. The van der Waals surface area contributed by atoms with Gasteiger partial charge >= 0.3 is 0 Å². The molecule has 0 atom stereocenters. The van der Waals surface area contributed by atoms with Crippen LogP contribution < -0.4 is 0 Å². The van der Waals surface area contributed by atoms with E-state index in [9.17, 15) is 8.42 Å². The summed E-state index contributed by atoms with van der Waals surface area (Å²) in [7, 11) is -4.51. The predicted molar refractivity (Wildman–Crippen MR) is 56.3 cm³/mol. The largest absolute Gasteiger partial charge is 0.297 e. The van der Waals surface area contributed by atoms with Crippen LogP contribution in [0.25, 0.3) is 0 Å². The molecule has 0 unspecified atom stereocenters. The Kier molecular flexibility index (Phi) is 3.57. The first-order chi connectivity index (χ1) is 6.25. The van der Waals surface area contributed by atoms with Gasteiger partial charge in [-0.1, -0.05) is 46.4 Å². The maximum atomic E-state index is 10.8. The van der Waals surface area contributed by atoms with Crippen LogP contribution in [0.15, 0.2) is 11.0 Å². The molecule has 0 saturated carbocycles. The van der Waals surface area contributed by atoms with Crippen molar-refractivity contribution in [3.8, 4) is 0 Å². The first-order valence-corrected chi connectivity index (χ1v) is 6.01. The van der Waals surface area contributed by atoms with Crippen LogP contribution in [-0.2, 0) is 10.1 Å². The zero-order chi connectivity index (χ0) is 11.1. The van der Waals surface area contributed by atoms with E-state index in [2.05, 4.69) is 0 Å². The summed E-state index contributed by atoms with van der Waals surface area (Å²) >= 11 is 22.2. The molecular formula is C6H2Cl4O3S. The molecule has 3 nitrogen and oxygen atoms in total. The van der Waals surface area contributed by atoms with Gasteiger partial charge in [-0.15, -0.1) is 0 Å². The molecule has 1 aromatic rings. The van der Waals surface area contributed by atoms with E-state index >= 15 is 0 Å². The van der Waals surface area contributed by atoms with Gasteiger partial charge in [-0.25, -0.2) is 0 Å². The number of hydrogen-bond acceptors (Lipinski definition) is 2. The van der Waals surface area contributed by atoms with Crippen molar-refractivity contribution in [1.29, 1.82) is 0 Å². The number of hydrogen-bond donors (Lipinski definition) is 1. The van der Waals surface area contributed by atoms with Crippen molar-refractivity contribution in [2.24, 2.45) is 0 Å². The highest BCUT2D eigenvalue weighted by Crippen LogP contribution is 2.39. The fraction of sp³-hybridized carbons (Fsp3) is 0. The SMILES string of the molecule is O=S(=O)(O)c1c(Cl)cc(Cl)c(Cl)c1Cl. The summed E-state index contributed by atoms with van der Waals surface area (Å²) in [4.78, 5) is -0.643. The molecule has 0 aliphatic carbocycles. The van der Waals surface area contributed by atoms with Gasteiger partial charge in [0.25, 0.3) is 10.1 Å². The Balaban J connectivity index is 3.70. The molecule has 0 aliphatic rings.